The Bertz CT molecular complexity index is 473. The number of hydrogen-bond donors (Lipinski definition) is 0. The van der Waals surface area contributed by atoms with Gasteiger partial charge in [-0.2, -0.15) is 0 Å². The zero-order chi connectivity index (χ0) is 16.5. The van der Waals surface area contributed by atoms with Crippen LogP contribution in [-0.2, 0) is 20.7 Å². The smallest absolute Gasteiger partial charge is 0.410 e. The van der Waals surface area contributed by atoms with Gasteiger partial charge in [0.2, 0.25) is 0 Å². The summed E-state index contributed by atoms with van der Waals surface area (Å²) in [7, 11) is 0. The van der Waals surface area contributed by atoms with Gasteiger partial charge in [-0.1, -0.05) is 30.3 Å². The third kappa shape index (κ3) is 5.06. The van der Waals surface area contributed by atoms with Gasteiger partial charge < -0.3 is 9.47 Å². The fraction of sp³-hybridized carbons (Fsp3) is 0.529. The number of carbonyl (C=O) groups is 2. The van der Waals surface area contributed by atoms with Crippen molar-refractivity contribution in [1.82, 2.24) is 4.90 Å². The molecule has 22 heavy (non-hydrogen) atoms. The Hall–Kier alpha value is -2.04. The summed E-state index contributed by atoms with van der Waals surface area (Å²) in [6.07, 6.45) is -0.0945. The van der Waals surface area contributed by atoms with Crippen molar-refractivity contribution in [3.8, 4) is 0 Å². The van der Waals surface area contributed by atoms with Crippen molar-refractivity contribution in [2.45, 2.75) is 46.2 Å². The molecule has 0 saturated carbocycles. The summed E-state index contributed by atoms with van der Waals surface area (Å²) in [5.41, 5.74) is 0.968. The minimum atomic E-state index is -0.693. The van der Waals surface area contributed by atoms with Crippen LogP contribution in [0, 0.1) is 0 Å². The van der Waals surface area contributed by atoms with Crippen LogP contribution in [0.25, 0.3) is 0 Å². The number of carbonyl (C=O) groups excluding carboxylic acids is 2. The van der Waals surface area contributed by atoms with Crippen molar-refractivity contribution in [2.24, 2.45) is 0 Å². The largest absolute Gasteiger partial charge is 0.464 e. The van der Waals surface area contributed by atoms with Gasteiger partial charge in [-0.15, -0.1) is 0 Å². The second-order valence-corrected chi connectivity index (χ2v) is 5.16. The Kier molecular flexibility index (Phi) is 7.43. The van der Waals surface area contributed by atoms with Gasteiger partial charge in [0.15, 0.2) is 0 Å². The molecule has 5 heteroatoms. The second-order valence-electron chi connectivity index (χ2n) is 5.16. The van der Waals surface area contributed by atoms with Gasteiger partial charge in [-0.25, -0.2) is 9.59 Å². The first-order chi connectivity index (χ1) is 10.5. The van der Waals surface area contributed by atoms with Crippen LogP contribution in [0.3, 0.4) is 0 Å². The first-order valence-corrected chi connectivity index (χ1v) is 7.66. The first-order valence-electron chi connectivity index (χ1n) is 7.66. The van der Waals surface area contributed by atoms with Crippen LogP contribution in [-0.4, -0.2) is 42.3 Å². The van der Waals surface area contributed by atoms with E-state index in [0.717, 1.165) is 5.56 Å². The van der Waals surface area contributed by atoms with E-state index in [4.69, 9.17) is 9.47 Å². The molecule has 122 valence electrons. The quantitative estimate of drug-likeness (QED) is 0.727. The minimum Gasteiger partial charge on any atom is -0.464 e. The monoisotopic (exact) mass is 307 g/mol. The lowest BCUT2D eigenvalue weighted by Gasteiger charge is -2.32. The van der Waals surface area contributed by atoms with Crippen molar-refractivity contribution in [3.63, 3.8) is 0 Å². The topological polar surface area (TPSA) is 55.8 Å². The van der Waals surface area contributed by atoms with Gasteiger partial charge in [-0.05, 0) is 33.3 Å². The maximum Gasteiger partial charge on any atom is 0.410 e. The maximum atomic E-state index is 12.3. The molecule has 1 amide bonds. The molecule has 1 aromatic rings. The second kappa shape index (κ2) is 9.07. The predicted molar refractivity (Wildman–Crippen MR) is 84.6 cm³/mol. The molecule has 0 aliphatic heterocycles. The third-order valence-corrected chi connectivity index (χ3v) is 3.20. The molecule has 0 aromatic heterocycles. The van der Waals surface area contributed by atoms with E-state index in [9.17, 15) is 9.59 Å². The fourth-order valence-corrected chi connectivity index (χ4v) is 2.27. The van der Waals surface area contributed by atoms with E-state index in [1.165, 1.54) is 4.90 Å². The van der Waals surface area contributed by atoms with E-state index in [2.05, 4.69) is 0 Å². The molecule has 0 fully saturated rings. The molecule has 5 nitrogen and oxygen atoms in total. The molecule has 0 aliphatic rings. The highest BCUT2D eigenvalue weighted by Gasteiger charge is 2.34. The normalized spacial score (nSPS) is 11.9. The molecule has 0 spiro atoms. The van der Waals surface area contributed by atoms with Crippen LogP contribution in [0.5, 0.6) is 0 Å². The van der Waals surface area contributed by atoms with Crippen LogP contribution in [0.2, 0.25) is 0 Å². The number of ether oxygens (including phenoxy) is 2. The van der Waals surface area contributed by atoms with E-state index in [1.807, 2.05) is 44.2 Å². The summed E-state index contributed by atoms with van der Waals surface area (Å²) >= 11 is 0. The fourth-order valence-electron chi connectivity index (χ4n) is 2.27. The van der Waals surface area contributed by atoms with E-state index in [0.29, 0.717) is 6.42 Å². The minimum absolute atomic E-state index is 0.169. The van der Waals surface area contributed by atoms with Crippen molar-refractivity contribution < 1.29 is 19.1 Å². The highest BCUT2D eigenvalue weighted by Crippen LogP contribution is 2.15. The Morgan fingerprint density at radius 2 is 1.64 bits per heavy atom. The first kappa shape index (κ1) is 18.0. The summed E-state index contributed by atoms with van der Waals surface area (Å²) in [6, 6.07) is 8.71. The summed E-state index contributed by atoms with van der Waals surface area (Å²) in [4.78, 5) is 26.0. The van der Waals surface area contributed by atoms with Gasteiger partial charge in [0.1, 0.15) is 6.04 Å². The van der Waals surface area contributed by atoms with Crippen LogP contribution < -0.4 is 0 Å². The van der Waals surface area contributed by atoms with E-state index >= 15 is 0 Å². The molecule has 1 rings (SSSR count). The average Bonchev–Trinajstić information content (AvgIpc) is 2.47. The van der Waals surface area contributed by atoms with Gasteiger partial charge >= 0.3 is 12.1 Å². The number of amides is 1. The van der Waals surface area contributed by atoms with E-state index < -0.39 is 18.1 Å². The van der Waals surface area contributed by atoms with Crippen molar-refractivity contribution in [1.29, 1.82) is 0 Å². The lowest BCUT2D eigenvalue weighted by atomic mass is 10.0. The van der Waals surface area contributed by atoms with E-state index in [1.54, 1.807) is 13.8 Å². The zero-order valence-electron chi connectivity index (χ0n) is 13.7. The predicted octanol–water partition coefficient (Wildman–Crippen LogP) is 3.03. The summed E-state index contributed by atoms with van der Waals surface area (Å²) in [5.74, 6) is -0.409. The Morgan fingerprint density at radius 1 is 1.05 bits per heavy atom. The highest BCUT2D eigenvalue weighted by atomic mass is 16.6. The molecular formula is C17H25NO4. The van der Waals surface area contributed by atoms with Gasteiger partial charge in [-0.3, -0.25) is 4.90 Å². The lowest BCUT2D eigenvalue weighted by Crippen LogP contribution is -2.50. The maximum absolute atomic E-state index is 12.3. The van der Waals surface area contributed by atoms with Crippen LogP contribution in [0.15, 0.2) is 30.3 Å². The van der Waals surface area contributed by atoms with Crippen molar-refractivity contribution >= 4 is 12.1 Å². The van der Waals surface area contributed by atoms with Gasteiger partial charge in [0.05, 0.1) is 13.2 Å². The standard InChI is InChI=1S/C17H25NO4/c1-5-21-16(19)15(12-14-10-8-7-9-11-14)18(13(3)4)17(20)22-6-2/h7-11,13,15H,5-6,12H2,1-4H3/t15-/m0/s1. The Balaban J connectivity index is 3.05. The number of esters is 1. The van der Waals surface area contributed by atoms with Crippen molar-refractivity contribution in [2.75, 3.05) is 13.2 Å². The van der Waals surface area contributed by atoms with Crippen molar-refractivity contribution in [3.05, 3.63) is 35.9 Å². The Morgan fingerprint density at radius 3 is 2.14 bits per heavy atom. The number of nitrogens with zero attached hydrogens (tertiary/aromatic N) is 1. The zero-order valence-corrected chi connectivity index (χ0v) is 13.7. The van der Waals surface area contributed by atoms with Crippen LogP contribution in [0.1, 0.15) is 33.3 Å². The van der Waals surface area contributed by atoms with Gasteiger partial charge in [0.25, 0.3) is 0 Å². The van der Waals surface area contributed by atoms with Crippen LogP contribution >= 0.6 is 0 Å². The average molecular weight is 307 g/mol. The summed E-state index contributed by atoms with van der Waals surface area (Å²) in [5, 5.41) is 0. The molecule has 0 heterocycles. The molecule has 0 saturated heterocycles. The molecule has 0 aliphatic carbocycles. The molecule has 0 bridgehead atoms. The molecule has 0 radical (unpaired) electrons. The third-order valence-electron chi connectivity index (χ3n) is 3.20. The number of benzene rings is 1. The summed E-state index contributed by atoms with van der Waals surface area (Å²) in [6.45, 7) is 7.75. The molecule has 1 aromatic carbocycles. The molecule has 0 unspecified atom stereocenters. The molecule has 0 N–H and O–H groups in total. The van der Waals surface area contributed by atoms with Gasteiger partial charge in [0, 0.05) is 12.5 Å². The van der Waals surface area contributed by atoms with E-state index in [-0.39, 0.29) is 19.3 Å². The Labute approximate surface area is 132 Å². The number of rotatable bonds is 7. The van der Waals surface area contributed by atoms with Crippen LogP contribution in [0.4, 0.5) is 4.79 Å². The molecule has 1 atom stereocenters. The SMILES string of the molecule is CCOC(=O)[C@H](Cc1ccccc1)N(C(=O)OCC)C(C)C. The number of hydrogen-bond acceptors (Lipinski definition) is 4. The molecular weight excluding hydrogens is 282 g/mol. The highest BCUT2D eigenvalue weighted by molar-refractivity contribution is 5.82. The summed E-state index contributed by atoms with van der Waals surface area (Å²) < 4.78 is 10.2. The lowest BCUT2D eigenvalue weighted by molar-refractivity contribution is -0.149.